The average molecular weight is 443 g/mol. The van der Waals surface area contributed by atoms with Crippen LogP contribution in [0.1, 0.15) is 42.1 Å². The highest BCUT2D eigenvalue weighted by atomic mass is 35.5. The Kier molecular flexibility index (Phi) is 7.35. The van der Waals surface area contributed by atoms with E-state index < -0.39 is 11.9 Å². The van der Waals surface area contributed by atoms with Crippen LogP contribution in [0.4, 0.5) is 0 Å². The van der Waals surface area contributed by atoms with E-state index in [0.717, 1.165) is 28.2 Å². The van der Waals surface area contributed by atoms with E-state index in [-0.39, 0.29) is 0 Å². The van der Waals surface area contributed by atoms with Crippen LogP contribution in [0, 0.1) is 5.92 Å². The van der Waals surface area contributed by atoms with E-state index in [0.29, 0.717) is 29.6 Å². The van der Waals surface area contributed by atoms with Crippen LogP contribution in [0.3, 0.4) is 0 Å². The Balaban J connectivity index is 1.85. The molecule has 0 aliphatic rings. The van der Waals surface area contributed by atoms with Gasteiger partial charge in [-0.1, -0.05) is 91.7 Å². The van der Waals surface area contributed by atoms with E-state index in [4.69, 9.17) is 23.2 Å². The van der Waals surface area contributed by atoms with Gasteiger partial charge in [0.15, 0.2) is 5.15 Å². The number of nitrogens with zero attached hydrogens (tertiary/aromatic N) is 2. The second-order valence-corrected chi connectivity index (χ2v) is 8.01. The Labute approximate surface area is 186 Å². The van der Waals surface area contributed by atoms with E-state index in [1.54, 1.807) is 6.92 Å². The first-order valence-electron chi connectivity index (χ1n) is 9.87. The van der Waals surface area contributed by atoms with Crippen molar-refractivity contribution in [1.82, 2.24) is 9.55 Å². The number of aryl methyl sites for hydroxylation is 1. The lowest BCUT2D eigenvalue weighted by Crippen LogP contribution is -2.16. The van der Waals surface area contributed by atoms with Crippen molar-refractivity contribution >= 4 is 41.3 Å². The lowest BCUT2D eigenvalue weighted by molar-refractivity contribution is -0.141. The number of carboxylic acid groups (broad SMARTS) is 1. The van der Waals surface area contributed by atoms with E-state index >= 15 is 0 Å². The topological polar surface area (TPSA) is 55.1 Å². The summed E-state index contributed by atoms with van der Waals surface area (Å²) in [7, 11) is 0. The molecule has 0 aliphatic heterocycles. The highest BCUT2D eigenvalue weighted by Crippen LogP contribution is 2.26. The van der Waals surface area contributed by atoms with Crippen LogP contribution in [0.5, 0.6) is 0 Å². The van der Waals surface area contributed by atoms with E-state index in [1.165, 1.54) is 0 Å². The van der Waals surface area contributed by atoms with E-state index in [9.17, 15) is 9.90 Å². The summed E-state index contributed by atoms with van der Waals surface area (Å²) in [5.41, 5.74) is 3.79. The third kappa shape index (κ3) is 5.32. The van der Waals surface area contributed by atoms with Gasteiger partial charge in [-0.25, -0.2) is 4.98 Å². The van der Waals surface area contributed by atoms with Crippen LogP contribution < -0.4 is 0 Å². The zero-order chi connectivity index (χ0) is 21.7. The Morgan fingerprint density at radius 3 is 2.47 bits per heavy atom. The van der Waals surface area contributed by atoms with Crippen molar-refractivity contribution in [3.63, 3.8) is 0 Å². The number of aliphatic carboxylic acids is 1. The molecule has 0 amide bonds. The summed E-state index contributed by atoms with van der Waals surface area (Å²) in [6.45, 7) is 4.16. The fraction of sp³-hybridized carbons (Fsp3) is 0.250. The van der Waals surface area contributed by atoms with Gasteiger partial charge in [-0.2, -0.15) is 0 Å². The van der Waals surface area contributed by atoms with Crippen molar-refractivity contribution in [2.24, 2.45) is 5.92 Å². The summed E-state index contributed by atoms with van der Waals surface area (Å²) >= 11 is 12.9. The molecular formula is C24H24Cl2N2O2. The molecule has 4 nitrogen and oxygen atoms in total. The van der Waals surface area contributed by atoms with Crippen molar-refractivity contribution in [2.45, 2.75) is 33.2 Å². The van der Waals surface area contributed by atoms with Crippen LogP contribution >= 0.6 is 23.2 Å². The Morgan fingerprint density at radius 2 is 1.83 bits per heavy atom. The van der Waals surface area contributed by atoms with Gasteiger partial charge in [0.05, 0.1) is 18.2 Å². The first-order chi connectivity index (χ1) is 14.4. The van der Waals surface area contributed by atoms with Crippen LogP contribution in [-0.2, 0) is 24.2 Å². The largest absolute Gasteiger partial charge is 0.481 e. The smallest absolute Gasteiger partial charge is 0.306 e. The number of carbonyl (C=O) groups is 1. The van der Waals surface area contributed by atoms with Gasteiger partial charge in [0.2, 0.25) is 0 Å². The molecule has 0 saturated heterocycles. The zero-order valence-electron chi connectivity index (χ0n) is 17.0. The number of benzene rings is 2. The molecule has 1 atom stereocenters. The highest BCUT2D eigenvalue weighted by Gasteiger charge is 2.21. The van der Waals surface area contributed by atoms with Gasteiger partial charge in [0, 0.05) is 17.9 Å². The summed E-state index contributed by atoms with van der Waals surface area (Å²) in [5, 5.41) is 10.3. The minimum Gasteiger partial charge on any atom is -0.481 e. The first-order valence-corrected chi connectivity index (χ1v) is 10.6. The first kappa shape index (κ1) is 22.1. The number of aromatic nitrogens is 2. The Morgan fingerprint density at radius 1 is 1.13 bits per heavy atom. The maximum Gasteiger partial charge on any atom is 0.306 e. The molecule has 3 aromatic rings. The predicted molar refractivity (Wildman–Crippen MR) is 123 cm³/mol. The Hall–Kier alpha value is -2.56. The van der Waals surface area contributed by atoms with Gasteiger partial charge < -0.3 is 9.67 Å². The molecule has 30 heavy (non-hydrogen) atoms. The van der Waals surface area contributed by atoms with Gasteiger partial charge in [-0.05, 0) is 22.8 Å². The molecule has 2 aromatic carbocycles. The standard InChI is InChI=1S/C24H24Cl2N2O2/c1-3-22-27-23(26)21(13-16(2)24(29)30)28(22)15-19-12-11-18(14-20(19)25)10-9-17-7-5-4-6-8-17/h4-12,14,16H,3,13,15H2,1-2H3,(H,29,30)/b10-9+. The second kappa shape index (κ2) is 9.96. The van der Waals surface area contributed by atoms with Crippen LogP contribution in [-0.4, -0.2) is 20.6 Å². The molecule has 6 heteroatoms. The van der Waals surface area contributed by atoms with Crippen molar-refractivity contribution in [1.29, 1.82) is 0 Å². The fourth-order valence-corrected chi connectivity index (χ4v) is 3.78. The van der Waals surface area contributed by atoms with Crippen molar-refractivity contribution < 1.29 is 9.90 Å². The van der Waals surface area contributed by atoms with Gasteiger partial charge in [0.1, 0.15) is 5.82 Å². The average Bonchev–Trinajstić information content (AvgIpc) is 3.03. The fourth-order valence-electron chi connectivity index (χ4n) is 3.26. The SMILES string of the molecule is CCc1nc(Cl)c(CC(C)C(=O)O)n1Cc1ccc(/C=C/c2ccccc2)cc1Cl. The normalized spacial score (nSPS) is 12.4. The summed E-state index contributed by atoms with van der Waals surface area (Å²) < 4.78 is 1.99. The number of halogens is 2. The van der Waals surface area contributed by atoms with Crippen LogP contribution in [0.25, 0.3) is 12.2 Å². The molecule has 0 radical (unpaired) electrons. The number of carboxylic acids is 1. The zero-order valence-corrected chi connectivity index (χ0v) is 18.5. The van der Waals surface area contributed by atoms with Gasteiger partial charge in [-0.3, -0.25) is 4.79 Å². The molecule has 0 aliphatic carbocycles. The number of imidazole rings is 1. The number of rotatable bonds is 8. The van der Waals surface area contributed by atoms with Crippen LogP contribution in [0.2, 0.25) is 10.2 Å². The molecule has 1 N–H and O–H groups in total. The lowest BCUT2D eigenvalue weighted by atomic mass is 10.1. The molecule has 1 heterocycles. The van der Waals surface area contributed by atoms with Crippen molar-refractivity contribution in [3.05, 3.63) is 86.9 Å². The monoisotopic (exact) mass is 442 g/mol. The number of hydrogen-bond acceptors (Lipinski definition) is 2. The summed E-state index contributed by atoms with van der Waals surface area (Å²) in [4.78, 5) is 15.7. The number of hydrogen-bond donors (Lipinski definition) is 1. The van der Waals surface area contributed by atoms with Crippen molar-refractivity contribution in [3.8, 4) is 0 Å². The molecule has 0 fully saturated rings. The molecule has 0 spiro atoms. The molecule has 3 rings (SSSR count). The molecule has 0 bridgehead atoms. The second-order valence-electron chi connectivity index (χ2n) is 7.24. The molecular weight excluding hydrogens is 419 g/mol. The van der Waals surface area contributed by atoms with Gasteiger partial charge in [0.25, 0.3) is 0 Å². The molecule has 156 valence electrons. The predicted octanol–water partition coefficient (Wildman–Crippen LogP) is 6.23. The van der Waals surface area contributed by atoms with Crippen LogP contribution in [0.15, 0.2) is 48.5 Å². The van der Waals surface area contributed by atoms with E-state index in [1.807, 2.05) is 72.2 Å². The molecule has 1 unspecified atom stereocenters. The van der Waals surface area contributed by atoms with Gasteiger partial charge in [-0.15, -0.1) is 0 Å². The third-order valence-corrected chi connectivity index (χ3v) is 5.67. The summed E-state index contributed by atoms with van der Waals surface area (Å²) in [5.74, 6) is -0.593. The maximum absolute atomic E-state index is 11.3. The Bertz CT molecular complexity index is 1060. The van der Waals surface area contributed by atoms with E-state index in [2.05, 4.69) is 4.98 Å². The summed E-state index contributed by atoms with van der Waals surface area (Å²) in [6.07, 6.45) is 5.07. The molecule has 0 saturated carbocycles. The summed E-state index contributed by atoms with van der Waals surface area (Å²) in [6, 6.07) is 16.0. The lowest BCUT2D eigenvalue weighted by Gasteiger charge is -2.14. The minimum absolute atomic E-state index is 0.316. The molecule has 1 aromatic heterocycles. The van der Waals surface area contributed by atoms with Crippen molar-refractivity contribution in [2.75, 3.05) is 0 Å². The minimum atomic E-state index is -0.857. The quantitative estimate of drug-likeness (QED) is 0.420. The highest BCUT2D eigenvalue weighted by molar-refractivity contribution is 6.31. The van der Waals surface area contributed by atoms with Gasteiger partial charge >= 0.3 is 5.97 Å². The third-order valence-electron chi connectivity index (χ3n) is 5.01. The maximum atomic E-state index is 11.3.